The van der Waals surface area contributed by atoms with Crippen LogP contribution in [0.25, 0.3) is 0 Å². The number of benzene rings is 1. The summed E-state index contributed by atoms with van der Waals surface area (Å²) in [7, 11) is 3.13. The van der Waals surface area contributed by atoms with E-state index in [0.29, 0.717) is 24.3 Å². The van der Waals surface area contributed by atoms with E-state index in [-0.39, 0.29) is 30.8 Å². The molecule has 1 aliphatic carbocycles. The molecule has 4 amide bonds. The average molecular weight is 418 g/mol. The summed E-state index contributed by atoms with van der Waals surface area (Å²) < 4.78 is 10.5. The smallest absolute Gasteiger partial charge is 0.324 e. The molecule has 2 N–H and O–H groups in total. The number of nitrogens with zero attached hydrogens (tertiary/aromatic N) is 1. The highest BCUT2D eigenvalue weighted by Crippen LogP contribution is 2.28. The number of hydrogen-bond donors (Lipinski definition) is 2. The van der Waals surface area contributed by atoms with Crippen LogP contribution in [0.1, 0.15) is 50.5 Å². The number of carbonyl (C=O) groups excluding carboxylic acids is 3. The van der Waals surface area contributed by atoms with Gasteiger partial charge in [-0.3, -0.25) is 14.5 Å². The first kappa shape index (κ1) is 21.9. The molecule has 2 aliphatic rings. The van der Waals surface area contributed by atoms with Crippen molar-refractivity contribution in [1.82, 2.24) is 15.5 Å². The maximum Gasteiger partial charge on any atom is 0.324 e. The van der Waals surface area contributed by atoms with Crippen molar-refractivity contribution in [2.75, 3.05) is 20.8 Å². The highest BCUT2D eigenvalue weighted by molar-refractivity contribution is 6.04. The second-order valence-corrected chi connectivity index (χ2v) is 7.87. The number of amides is 4. The lowest BCUT2D eigenvalue weighted by molar-refractivity contribution is -0.127. The molecule has 1 aliphatic heterocycles. The average Bonchev–Trinajstić information content (AvgIpc) is 3.03. The standard InChI is InChI=1S/C22H31N3O5/c1-29-18-10-8-15(14-19(18)30-2)12-13-25-21(27)17(24-22(25)28)9-11-20(26)23-16-6-4-3-5-7-16/h8,10,14,16-17H,3-7,9,11-13H2,1-2H3,(H,23,26)(H,24,28)/t17-/m0/s1. The van der Waals surface area contributed by atoms with Gasteiger partial charge in [-0.2, -0.15) is 0 Å². The molecule has 0 unspecified atom stereocenters. The Morgan fingerprint density at radius 2 is 1.87 bits per heavy atom. The molecule has 1 aromatic rings. The van der Waals surface area contributed by atoms with Gasteiger partial charge in [-0.25, -0.2) is 4.79 Å². The number of methoxy groups -OCH3 is 2. The number of rotatable bonds is 9. The number of imide groups is 1. The minimum absolute atomic E-state index is 0.0484. The fraction of sp³-hybridized carbons (Fsp3) is 0.591. The van der Waals surface area contributed by atoms with Gasteiger partial charge < -0.3 is 20.1 Å². The lowest BCUT2D eigenvalue weighted by atomic mass is 9.95. The van der Waals surface area contributed by atoms with E-state index in [1.54, 1.807) is 20.3 Å². The van der Waals surface area contributed by atoms with Crippen molar-refractivity contribution in [3.8, 4) is 11.5 Å². The minimum atomic E-state index is -0.639. The summed E-state index contributed by atoms with van der Waals surface area (Å²) in [4.78, 5) is 38.3. The Kier molecular flexibility index (Phi) is 7.54. The molecule has 8 nitrogen and oxygen atoms in total. The van der Waals surface area contributed by atoms with E-state index >= 15 is 0 Å². The van der Waals surface area contributed by atoms with Gasteiger partial charge in [-0.15, -0.1) is 0 Å². The van der Waals surface area contributed by atoms with Crippen LogP contribution < -0.4 is 20.1 Å². The quantitative estimate of drug-likeness (QED) is 0.602. The van der Waals surface area contributed by atoms with Crippen LogP contribution in [-0.2, 0) is 16.0 Å². The molecule has 2 fully saturated rings. The van der Waals surface area contributed by atoms with Crippen molar-refractivity contribution in [2.24, 2.45) is 0 Å². The van der Waals surface area contributed by atoms with Crippen LogP contribution >= 0.6 is 0 Å². The molecule has 30 heavy (non-hydrogen) atoms. The second kappa shape index (κ2) is 10.3. The molecular weight excluding hydrogens is 386 g/mol. The van der Waals surface area contributed by atoms with Crippen molar-refractivity contribution in [3.05, 3.63) is 23.8 Å². The summed E-state index contributed by atoms with van der Waals surface area (Å²) in [6.45, 7) is 0.269. The summed E-state index contributed by atoms with van der Waals surface area (Å²) >= 11 is 0. The molecule has 0 bridgehead atoms. The van der Waals surface area contributed by atoms with Crippen molar-refractivity contribution in [3.63, 3.8) is 0 Å². The number of hydrogen-bond acceptors (Lipinski definition) is 5. The number of urea groups is 1. The Bertz CT molecular complexity index is 776. The van der Waals surface area contributed by atoms with E-state index in [1.807, 2.05) is 12.1 Å². The predicted octanol–water partition coefficient (Wildman–Crippen LogP) is 2.40. The van der Waals surface area contributed by atoms with Gasteiger partial charge in [-0.1, -0.05) is 25.3 Å². The van der Waals surface area contributed by atoms with Crippen LogP contribution in [0.4, 0.5) is 4.79 Å². The molecule has 0 radical (unpaired) electrons. The summed E-state index contributed by atoms with van der Waals surface area (Å²) in [6, 6.07) is 4.72. The lowest BCUT2D eigenvalue weighted by Crippen LogP contribution is -2.38. The third-order valence-corrected chi connectivity index (χ3v) is 5.81. The summed E-state index contributed by atoms with van der Waals surface area (Å²) in [5.41, 5.74) is 0.934. The van der Waals surface area contributed by atoms with E-state index in [9.17, 15) is 14.4 Å². The van der Waals surface area contributed by atoms with Crippen LogP contribution in [0.15, 0.2) is 18.2 Å². The van der Waals surface area contributed by atoms with Crippen molar-refractivity contribution in [2.45, 2.75) is 63.5 Å². The molecule has 1 saturated carbocycles. The van der Waals surface area contributed by atoms with Gasteiger partial charge in [0.15, 0.2) is 11.5 Å². The van der Waals surface area contributed by atoms with Gasteiger partial charge in [0.25, 0.3) is 5.91 Å². The number of carbonyl (C=O) groups is 3. The van der Waals surface area contributed by atoms with E-state index in [1.165, 1.54) is 11.3 Å². The van der Waals surface area contributed by atoms with Gasteiger partial charge in [0, 0.05) is 19.0 Å². The predicted molar refractivity (Wildman–Crippen MR) is 112 cm³/mol. The van der Waals surface area contributed by atoms with Crippen LogP contribution in [0, 0.1) is 0 Å². The van der Waals surface area contributed by atoms with Gasteiger partial charge in [0.2, 0.25) is 5.91 Å². The molecule has 0 spiro atoms. The Morgan fingerprint density at radius 1 is 1.13 bits per heavy atom. The van der Waals surface area contributed by atoms with Crippen LogP contribution in [-0.4, -0.2) is 55.6 Å². The van der Waals surface area contributed by atoms with Crippen molar-refractivity contribution < 1.29 is 23.9 Å². The van der Waals surface area contributed by atoms with Gasteiger partial charge in [-0.05, 0) is 43.4 Å². The molecule has 1 heterocycles. The van der Waals surface area contributed by atoms with Crippen molar-refractivity contribution >= 4 is 17.8 Å². The minimum Gasteiger partial charge on any atom is -0.493 e. The Labute approximate surface area is 177 Å². The summed E-state index contributed by atoms with van der Waals surface area (Å²) in [5, 5.41) is 5.75. The first-order valence-corrected chi connectivity index (χ1v) is 10.6. The Morgan fingerprint density at radius 3 is 2.57 bits per heavy atom. The highest BCUT2D eigenvalue weighted by Gasteiger charge is 2.37. The Hall–Kier alpha value is -2.77. The summed E-state index contributed by atoms with van der Waals surface area (Å²) in [6.07, 6.45) is 6.63. The monoisotopic (exact) mass is 417 g/mol. The first-order valence-electron chi connectivity index (χ1n) is 10.6. The molecule has 1 saturated heterocycles. The van der Waals surface area contributed by atoms with E-state index in [2.05, 4.69) is 10.6 Å². The summed E-state index contributed by atoms with van der Waals surface area (Å²) in [5.74, 6) is 0.913. The fourth-order valence-electron chi connectivity index (χ4n) is 4.08. The number of ether oxygens (including phenoxy) is 2. The zero-order valence-electron chi connectivity index (χ0n) is 17.7. The SMILES string of the molecule is COc1ccc(CCN2C(=O)N[C@@H](CCC(=O)NC3CCCCC3)C2=O)cc1OC. The molecular formula is C22H31N3O5. The van der Waals surface area contributed by atoms with E-state index in [4.69, 9.17) is 9.47 Å². The molecule has 164 valence electrons. The molecule has 1 atom stereocenters. The Balaban J connectivity index is 1.47. The van der Waals surface area contributed by atoms with Crippen molar-refractivity contribution in [1.29, 1.82) is 0 Å². The zero-order valence-corrected chi connectivity index (χ0v) is 17.7. The molecule has 1 aromatic carbocycles. The molecule has 8 heteroatoms. The normalized spacial score (nSPS) is 19.5. The van der Waals surface area contributed by atoms with Crippen LogP contribution in [0.3, 0.4) is 0 Å². The van der Waals surface area contributed by atoms with Crippen LogP contribution in [0.5, 0.6) is 11.5 Å². The maximum absolute atomic E-state index is 12.6. The van der Waals surface area contributed by atoms with E-state index in [0.717, 1.165) is 31.2 Å². The molecule has 0 aromatic heterocycles. The maximum atomic E-state index is 12.6. The second-order valence-electron chi connectivity index (χ2n) is 7.87. The van der Waals surface area contributed by atoms with Gasteiger partial charge in [0.1, 0.15) is 6.04 Å². The lowest BCUT2D eigenvalue weighted by Gasteiger charge is -2.22. The van der Waals surface area contributed by atoms with E-state index < -0.39 is 12.1 Å². The fourth-order valence-corrected chi connectivity index (χ4v) is 4.08. The largest absolute Gasteiger partial charge is 0.493 e. The highest BCUT2D eigenvalue weighted by atomic mass is 16.5. The van der Waals surface area contributed by atoms with Gasteiger partial charge in [0.05, 0.1) is 14.2 Å². The topological polar surface area (TPSA) is 97.0 Å². The number of nitrogens with one attached hydrogen (secondary N) is 2. The molecule has 3 rings (SSSR count). The first-order chi connectivity index (χ1) is 14.5. The third-order valence-electron chi connectivity index (χ3n) is 5.81. The van der Waals surface area contributed by atoms with Crippen LogP contribution in [0.2, 0.25) is 0 Å². The van der Waals surface area contributed by atoms with Gasteiger partial charge >= 0.3 is 6.03 Å². The third kappa shape index (κ3) is 5.43. The zero-order chi connectivity index (χ0) is 21.5.